The number of hydrogen-bond acceptors (Lipinski definition) is 1. The Morgan fingerprint density at radius 1 is 1.28 bits per heavy atom. The minimum absolute atomic E-state index is 0.0701. The maximum Gasteiger partial charge on any atom is 0.0540 e. The van der Waals surface area contributed by atoms with Gasteiger partial charge in [-0.3, -0.25) is 0 Å². The van der Waals surface area contributed by atoms with E-state index in [1.165, 1.54) is 16.7 Å². The van der Waals surface area contributed by atoms with Crippen molar-refractivity contribution in [2.75, 3.05) is 0 Å². The van der Waals surface area contributed by atoms with Crippen molar-refractivity contribution >= 4 is 6.08 Å². The van der Waals surface area contributed by atoms with E-state index in [-0.39, 0.29) is 6.10 Å². The van der Waals surface area contributed by atoms with Gasteiger partial charge < -0.3 is 5.11 Å². The van der Waals surface area contributed by atoms with Gasteiger partial charge in [0.05, 0.1) is 6.10 Å². The zero-order chi connectivity index (χ0) is 12.6. The molecule has 1 aromatic carbocycles. The molecule has 0 aliphatic heterocycles. The molecule has 0 aromatic heterocycles. The van der Waals surface area contributed by atoms with Gasteiger partial charge in [0.15, 0.2) is 0 Å². The molecular weight excluding hydrogens is 220 g/mol. The lowest BCUT2D eigenvalue weighted by Crippen LogP contribution is -2.35. The Hall–Kier alpha value is -1.08. The maximum atomic E-state index is 9.75. The van der Waals surface area contributed by atoms with Crippen LogP contribution in [0.25, 0.3) is 6.08 Å². The third kappa shape index (κ3) is 1.81. The third-order valence-electron chi connectivity index (χ3n) is 4.85. The molecule has 1 fully saturated rings. The van der Waals surface area contributed by atoms with Gasteiger partial charge in [-0.1, -0.05) is 37.3 Å². The van der Waals surface area contributed by atoms with E-state index in [4.69, 9.17) is 0 Å². The van der Waals surface area contributed by atoms with Crippen molar-refractivity contribution in [3.63, 3.8) is 0 Å². The molecule has 0 unspecified atom stereocenters. The van der Waals surface area contributed by atoms with Gasteiger partial charge in [0.25, 0.3) is 0 Å². The lowest BCUT2D eigenvalue weighted by molar-refractivity contribution is 0.0954. The molecule has 1 nitrogen and oxygen atoms in total. The number of aliphatic hydroxyl groups excluding tert-OH is 1. The van der Waals surface area contributed by atoms with Gasteiger partial charge in [0.2, 0.25) is 0 Å². The van der Waals surface area contributed by atoms with Crippen LogP contribution >= 0.6 is 0 Å². The fourth-order valence-corrected chi connectivity index (χ4v) is 3.72. The van der Waals surface area contributed by atoms with E-state index < -0.39 is 0 Å². The summed E-state index contributed by atoms with van der Waals surface area (Å²) in [5, 5.41) is 9.75. The second-order valence-electron chi connectivity index (χ2n) is 5.85. The molecule has 0 amide bonds. The predicted molar refractivity (Wildman–Crippen MR) is 75.6 cm³/mol. The molecule has 1 aromatic rings. The topological polar surface area (TPSA) is 20.2 Å². The highest BCUT2D eigenvalue weighted by atomic mass is 16.3. The Morgan fingerprint density at radius 2 is 2.06 bits per heavy atom. The molecule has 1 N–H and O–H groups in total. The maximum absolute atomic E-state index is 9.75. The van der Waals surface area contributed by atoms with Crippen LogP contribution in [0.4, 0.5) is 0 Å². The number of hydrogen-bond donors (Lipinski definition) is 1. The normalized spacial score (nSPS) is 30.4. The van der Waals surface area contributed by atoms with Crippen LogP contribution in [0.15, 0.2) is 24.3 Å². The van der Waals surface area contributed by atoms with Crippen molar-refractivity contribution in [3.05, 3.63) is 41.0 Å². The summed E-state index contributed by atoms with van der Waals surface area (Å²) in [5.41, 5.74) is 4.78. The van der Waals surface area contributed by atoms with Crippen LogP contribution < -0.4 is 0 Å². The van der Waals surface area contributed by atoms with Crippen LogP contribution in [-0.2, 0) is 11.8 Å². The largest absolute Gasteiger partial charge is 0.393 e. The van der Waals surface area contributed by atoms with Gasteiger partial charge in [-0.05, 0) is 60.6 Å². The smallest absolute Gasteiger partial charge is 0.0540 e. The van der Waals surface area contributed by atoms with Crippen LogP contribution in [0.1, 0.15) is 55.7 Å². The highest BCUT2D eigenvalue weighted by Gasteiger charge is 2.38. The standard InChI is InChI=1S/C17H22O/c1-2-13-5-3-7-16-15(13)6-4-10-17(16)11-8-14(18)9-12-17/h3-7,14,18H,2,8-12H2,1H3. The number of rotatable bonds is 1. The summed E-state index contributed by atoms with van der Waals surface area (Å²) < 4.78 is 0. The summed E-state index contributed by atoms with van der Waals surface area (Å²) in [6, 6.07) is 6.78. The van der Waals surface area contributed by atoms with Crippen LogP contribution in [0, 0.1) is 0 Å². The first kappa shape index (κ1) is 12.0. The van der Waals surface area contributed by atoms with Crippen molar-refractivity contribution in [1.82, 2.24) is 0 Å². The van der Waals surface area contributed by atoms with Gasteiger partial charge in [-0.2, -0.15) is 0 Å². The van der Waals surface area contributed by atoms with Crippen molar-refractivity contribution < 1.29 is 5.11 Å². The monoisotopic (exact) mass is 242 g/mol. The van der Waals surface area contributed by atoms with Crippen molar-refractivity contribution in [2.45, 2.75) is 57.0 Å². The zero-order valence-electron chi connectivity index (χ0n) is 11.2. The highest BCUT2D eigenvalue weighted by molar-refractivity contribution is 5.63. The molecule has 3 rings (SSSR count). The first-order valence-electron chi connectivity index (χ1n) is 7.22. The Morgan fingerprint density at radius 3 is 2.78 bits per heavy atom. The number of aryl methyl sites for hydroxylation is 1. The molecule has 18 heavy (non-hydrogen) atoms. The van der Waals surface area contributed by atoms with E-state index in [2.05, 4.69) is 37.3 Å². The number of allylic oxidation sites excluding steroid dienone is 1. The van der Waals surface area contributed by atoms with Gasteiger partial charge in [-0.25, -0.2) is 0 Å². The van der Waals surface area contributed by atoms with E-state index in [1.807, 2.05) is 0 Å². The van der Waals surface area contributed by atoms with E-state index in [1.54, 1.807) is 0 Å². The van der Waals surface area contributed by atoms with Crippen LogP contribution in [0.5, 0.6) is 0 Å². The van der Waals surface area contributed by atoms with E-state index in [9.17, 15) is 5.11 Å². The number of fused-ring (bicyclic) bond motifs is 2. The first-order chi connectivity index (χ1) is 8.75. The SMILES string of the molecule is CCc1cccc2c1C=CCC21CCC(O)CC1. The molecule has 1 heteroatoms. The minimum Gasteiger partial charge on any atom is -0.393 e. The summed E-state index contributed by atoms with van der Waals surface area (Å²) in [7, 11) is 0. The summed E-state index contributed by atoms with van der Waals surface area (Å²) in [6.07, 6.45) is 11.0. The summed E-state index contributed by atoms with van der Waals surface area (Å²) in [4.78, 5) is 0. The average Bonchev–Trinajstić information content (AvgIpc) is 2.42. The van der Waals surface area contributed by atoms with E-state index in [0.29, 0.717) is 5.41 Å². The van der Waals surface area contributed by atoms with Gasteiger partial charge >= 0.3 is 0 Å². The Labute approximate surface area is 110 Å². The lowest BCUT2D eigenvalue weighted by atomic mass is 9.63. The van der Waals surface area contributed by atoms with Gasteiger partial charge in [0.1, 0.15) is 0 Å². The molecule has 0 atom stereocenters. The molecule has 0 saturated heterocycles. The first-order valence-corrected chi connectivity index (χ1v) is 7.22. The Kier molecular flexibility index (Phi) is 3.03. The molecule has 2 aliphatic rings. The quantitative estimate of drug-likeness (QED) is 0.793. The second kappa shape index (κ2) is 4.55. The number of benzene rings is 1. The summed E-state index contributed by atoms with van der Waals surface area (Å²) >= 11 is 0. The summed E-state index contributed by atoms with van der Waals surface area (Å²) in [6.45, 7) is 2.23. The second-order valence-corrected chi connectivity index (χ2v) is 5.85. The zero-order valence-corrected chi connectivity index (χ0v) is 11.2. The van der Waals surface area contributed by atoms with Crippen LogP contribution in [-0.4, -0.2) is 11.2 Å². The fourth-order valence-electron chi connectivity index (χ4n) is 3.72. The van der Waals surface area contributed by atoms with E-state index >= 15 is 0 Å². The van der Waals surface area contributed by atoms with Crippen LogP contribution in [0.3, 0.4) is 0 Å². The lowest BCUT2D eigenvalue weighted by Gasteiger charge is -2.42. The molecule has 0 bridgehead atoms. The van der Waals surface area contributed by atoms with Gasteiger partial charge in [0, 0.05) is 0 Å². The molecule has 96 valence electrons. The summed E-state index contributed by atoms with van der Waals surface area (Å²) in [5.74, 6) is 0. The third-order valence-corrected chi connectivity index (χ3v) is 4.85. The number of aliphatic hydroxyl groups is 1. The molecule has 1 saturated carbocycles. The predicted octanol–water partition coefficient (Wildman–Crippen LogP) is 3.84. The highest BCUT2D eigenvalue weighted by Crippen LogP contribution is 2.47. The van der Waals surface area contributed by atoms with E-state index in [0.717, 1.165) is 38.5 Å². The molecule has 0 radical (unpaired) electrons. The fraction of sp³-hybridized carbons (Fsp3) is 0.529. The van der Waals surface area contributed by atoms with Crippen molar-refractivity contribution in [1.29, 1.82) is 0 Å². The Balaban J connectivity index is 2.04. The molecule has 0 heterocycles. The molecular formula is C17H22O. The molecule has 2 aliphatic carbocycles. The van der Waals surface area contributed by atoms with Crippen LogP contribution in [0.2, 0.25) is 0 Å². The minimum atomic E-state index is -0.0701. The van der Waals surface area contributed by atoms with Crippen molar-refractivity contribution in [3.8, 4) is 0 Å². The molecule has 1 spiro atoms. The van der Waals surface area contributed by atoms with Gasteiger partial charge in [-0.15, -0.1) is 0 Å². The van der Waals surface area contributed by atoms with Crippen molar-refractivity contribution in [2.24, 2.45) is 0 Å². The Bertz CT molecular complexity index is 464. The average molecular weight is 242 g/mol.